The van der Waals surface area contributed by atoms with Crippen molar-refractivity contribution < 1.29 is 9.47 Å². The fraction of sp³-hybridized carbons (Fsp3) is 0.700. The Kier molecular flexibility index (Phi) is 5.34. The molecule has 8 heteroatoms. The van der Waals surface area contributed by atoms with Crippen molar-refractivity contribution in [3.63, 3.8) is 0 Å². The standard InChI is InChI=1S/C20H24Br2O2S4/c1-17(2)5-7-19(8-6-17)25-13-11(21)15-16(12(22)14(13)26-19)28-20(27-15)9-23-18(3,4)24-10-20/h5-10H2,1-4H3. The first kappa shape index (κ1) is 21.4. The van der Waals surface area contributed by atoms with Crippen LogP contribution in [0.15, 0.2) is 28.5 Å². The van der Waals surface area contributed by atoms with E-state index in [1.807, 2.05) is 37.4 Å². The second-order valence-electron chi connectivity index (χ2n) is 9.32. The van der Waals surface area contributed by atoms with E-state index in [1.54, 1.807) is 0 Å². The molecule has 0 radical (unpaired) electrons. The van der Waals surface area contributed by atoms with Gasteiger partial charge < -0.3 is 9.47 Å². The van der Waals surface area contributed by atoms with Crippen molar-refractivity contribution in [3.8, 4) is 0 Å². The van der Waals surface area contributed by atoms with Gasteiger partial charge in [-0.3, -0.25) is 0 Å². The molecule has 0 N–H and O–H groups in total. The van der Waals surface area contributed by atoms with Crippen molar-refractivity contribution in [3.05, 3.63) is 8.95 Å². The van der Waals surface area contributed by atoms with Crippen molar-refractivity contribution in [1.82, 2.24) is 0 Å². The number of thioether (sulfide) groups is 4. The minimum absolute atomic E-state index is 0.0835. The molecule has 0 aromatic heterocycles. The van der Waals surface area contributed by atoms with Crippen LogP contribution in [0.25, 0.3) is 0 Å². The van der Waals surface area contributed by atoms with E-state index in [9.17, 15) is 0 Å². The van der Waals surface area contributed by atoms with Crippen molar-refractivity contribution in [2.45, 2.75) is 86.9 Å². The normalized spacial score (nSPS) is 28.5. The van der Waals surface area contributed by atoms with Crippen LogP contribution in [-0.2, 0) is 9.47 Å². The first-order chi connectivity index (χ1) is 13.0. The summed E-state index contributed by atoms with van der Waals surface area (Å²) in [5.74, 6) is -0.482. The van der Waals surface area contributed by atoms with E-state index in [0.29, 0.717) is 22.7 Å². The molecule has 0 atom stereocenters. The first-order valence-corrected chi connectivity index (χ1v) is 14.5. The summed E-state index contributed by atoms with van der Waals surface area (Å²) in [5, 5.41) is 0. The summed E-state index contributed by atoms with van der Waals surface area (Å²) in [6, 6.07) is 0. The number of benzene rings is 1. The predicted octanol–water partition coefficient (Wildman–Crippen LogP) is 8.38. The molecule has 3 heterocycles. The molecule has 1 aromatic rings. The molecule has 0 unspecified atom stereocenters. The number of ether oxygens (including phenoxy) is 2. The van der Waals surface area contributed by atoms with Crippen LogP contribution in [0, 0.1) is 5.41 Å². The van der Waals surface area contributed by atoms with Crippen molar-refractivity contribution in [2.24, 2.45) is 5.41 Å². The molecule has 1 aromatic carbocycles. The highest BCUT2D eigenvalue weighted by atomic mass is 79.9. The SMILES string of the molecule is CC1(C)CCC2(CC1)Sc1c(Br)c3c(c(Br)c1S2)SC1(COC(C)(C)OC1)S3. The zero-order chi connectivity index (χ0) is 19.9. The molecular weight excluding hydrogens is 560 g/mol. The van der Waals surface area contributed by atoms with Crippen LogP contribution in [0.1, 0.15) is 53.4 Å². The maximum Gasteiger partial charge on any atom is 0.162 e. The highest BCUT2D eigenvalue weighted by Crippen LogP contribution is 2.71. The molecule has 2 nitrogen and oxygen atoms in total. The number of hydrogen-bond acceptors (Lipinski definition) is 6. The molecule has 4 aliphatic rings. The van der Waals surface area contributed by atoms with E-state index in [2.05, 4.69) is 69.2 Å². The Balaban J connectivity index is 1.44. The summed E-state index contributed by atoms with van der Waals surface area (Å²) in [4.78, 5) is 5.56. The fourth-order valence-corrected chi connectivity index (χ4v) is 12.6. The highest BCUT2D eigenvalue weighted by Gasteiger charge is 2.51. The van der Waals surface area contributed by atoms with E-state index < -0.39 is 5.79 Å². The molecule has 2 fully saturated rings. The topological polar surface area (TPSA) is 18.5 Å². The third kappa shape index (κ3) is 3.57. The van der Waals surface area contributed by atoms with E-state index in [1.165, 1.54) is 54.2 Å². The molecular formula is C20H24Br2O2S4. The van der Waals surface area contributed by atoms with Gasteiger partial charge in [0.2, 0.25) is 0 Å². The lowest BCUT2D eigenvalue weighted by Gasteiger charge is -2.40. The molecule has 1 saturated carbocycles. The molecule has 3 aliphatic heterocycles. The maximum atomic E-state index is 6.02. The van der Waals surface area contributed by atoms with E-state index in [0.717, 1.165) is 0 Å². The van der Waals surface area contributed by atoms with Gasteiger partial charge in [0.25, 0.3) is 0 Å². The van der Waals surface area contributed by atoms with Gasteiger partial charge in [-0.25, -0.2) is 0 Å². The second kappa shape index (κ2) is 7.00. The van der Waals surface area contributed by atoms with Crippen LogP contribution < -0.4 is 0 Å². The summed E-state index contributed by atoms with van der Waals surface area (Å²) in [6.45, 7) is 10.2. The Morgan fingerprint density at radius 3 is 1.46 bits per heavy atom. The Labute approximate surface area is 201 Å². The van der Waals surface area contributed by atoms with Crippen LogP contribution in [0.4, 0.5) is 0 Å². The van der Waals surface area contributed by atoms with Gasteiger partial charge in [-0.1, -0.05) is 13.8 Å². The molecule has 154 valence electrons. The Morgan fingerprint density at radius 2 is 1.04 bits per heavy atom. The molecule has 1 aliphatic carbocycles. The van der Waals surface area contributed by atoms with Gasteiger partial charge in [-0.05, 0) is 76.8 Å². The van der Waals surface area contributed by atoms with Gasteiger partial charge in [0.05, 0.1) is 17.3 Å². The van der Waals surface area contributed by atoms with Gasteiger partial charge in [0.1, 0.15) is 4.08 Å². The lowest BCUT2D eigenvalue weighted by molar-refractivity contribution is -0.245. The molecule has 1 saturated heterocycles. The summed E-state index contributed by atoms with van der Waals surface area (Å²) >= 11 is 16.0. The molecule has 2 spiro atoms. The average Bonchev–Trinajstić information content (AvgIpc) is 3.20. The summed E-state index contributed by atoms with van der Waals surface area (Å²) < 4.78 is 14.8. The van der Waals surface area contributed by atoms with Gasteiger partial charge in [-0.15, -0.1) is 47.0 Å². The minimum atomic E-state index is -0.482. The van der Waals surface area contributed by atoms with Crippen molar-refractivity contribution >= 4 is 78.9 Å². The zero-order valence-electron chi connectivity index (χ0n) is 16.4. The maximum absolute atomic E-state index is 6.02. The van der Waals surface area contributed by atoms with E-state index in [-0.39, 0.29) is 4.08 Å². The number of rotatable bonds is 0. The van der Waals surface area contributed by atoms with Crippen LogP contribution in [0.3, 0.4) is 0 Å². The van der Waals surface area contributed by atoms with E-state index in [4.69, 9.17) is 9.47 Å². The largest absolute Gasteiger partial charge is 0.348 e. The zero-order valence-corrected chi connectivity index (χ0v) is 22.9. The lowest BCUT2D eigenvalue weighted by Crippen LogP contribution is -2.46. The van der Waals surface area contributed by atoms with Gasteiger partial charge in [-0.2, -0.15) is 0 Å². The third-order valence-corrected chi connectivity index (χ3v) is 15.1. The smallest absolute Gasteiger partial charge is 0.162 e. The molecule has 28 heavy (non-hydrogen) atoms. The quantitative estimate of drug-likeness (QED) is 0.303. The first-order valence-electron chi connectivity index (χ1n) is 9.62. The molecule has 5 rings (SSSR count). The van der Waals surface area contributed by atoms with Gasteiger partial charge >= 0.3 is 0 Å². The van der Waals surface area contributed by atoms with Crippen molar-refractivity contribution in [2.75, 3.05) is 13.2 Å². The second-order valence-corrected chi connectivity index (χ2v) is 17.0. The van der Waals surface area contributed by atoms with Crippen LogP contribution in [-0.4, -0.2) is 27.2 Å². The highest BCUT2D eigenvalue weighted by molar-refractivity contribution is 9.11. The minimum Gasteiger partial charge on any atom is -0.348 e. The molecule has 0 amide bonds. The van der Waals surface area contributed by atoms with Gasteiger partial charge in [0.15, 0.2) is 5.79 Å². The van der Waals surface area contributed by atoms with E-state index >= 15 is 0 Å². The number of fused-ring (bicyclic) bond motifs is 2. The average molecular weight is 584 g/mol. The lowest BCUT2D eigenvalue weighted by atomic mass is 9.77. The Morgan fingerprint density at radius 1 is 0.643 bits per heavy atom. The predicted molar refractivity (Wildman–Crippen MR) is 129 cm³/mol. The monoisotopic (exact) mass is 582 g/mol. The van der Waals surface area contributed by atoms with Crippen molar-refractivity contribution in [1.29, 1.82) is 0 Å². The van der Waals surface area contributed by atoms with Crippen LogP contribution in [0.5, 0.6) is 0 Å². The van der Waals surface area contributed by atoms with Crippen LogP contribution >= 0.6 is 78.9 Å². The Bertz CT molecular complexity index is 725. The fourth-order valence-electron chi connectivity index (χ4n) is 4.04. The third-order valence-electron chi connectivity index (χ3n) is 6.01. The summed E-state index contributed by atoms with van der Waals surface area (Å²) in [6.07, 6.45) is 5.20. The molecule has 0 bridgehead atoms. The summed E-state index contributed by atoms with van der Waals surface area (Å²) in [5.41, 5.74) is 0.490. The number of hydrogen-bond donors (Lipinski definition) is 0. The number of halogens is 2. The Hall–Kier alpha value is 1.50. The summed E-state index contributed by atoms with van der Waals surface area (Å²) in [7, 11) is 0. The van der Waals surface area contributed by atoms with Crippen LogP contribution in [0.2, 0.25) is 0 Å². The van der Waals surface area contributed by atoms with Gasteiger partial charge in [0, 0.05) is 28.5 Å².